The molecule has 2 aromatic heterocycles. The van der Waals surface area contributed by atoms with E-state index in [9.17, 15) is 0 Å². The van der Waals surface area contributed by atoms with Gasteiger partial charge in [-0.2, -0.15) is 0 Å². The lowest BCUT2D eigenvalue weighted by Crippen LogP contribution is -2.56. The predicted octanol–water partition coefficient (Wildman–Crippen LogP) is 12.5. The Kier molecular flexibility index (Phi) is 6.16. The molecule has 0 saturated heterocycles. The SMILES string of the molecule is c1ccc(C2c3ccccc3-c3cc4c(cc32)N(c2ccc3c5ccccc5n(-c5ccccc5)c3c2)c2cccc3c2B4n2c4ccccc4c4cccc-3c42)cc1. The van der Waals surface area contributed by atoms with E-state index in [-0.39, 0.29) is 12.8 Å². The quantitative estimate of drug-likeness (QED) is 0.164. The van der Waals surface area contributed by atoms with Crippen LogP contribution in [0, 0.1) is 0 Å². The Morgan fingerprint density at radius 1 is 0.390 bits per heavy atom. The first kappa shape index (κ1) is 31.5. The Labute approximate surface area is 341 Å². The molecular formula is C55H34BN3. The summed E-state index contributed by atoms with van der Waals surface area (Å²) in [4.78, 5) is 2.58. The van der Waals surface area contributed by atoms with Gasteiger partial charge in [-0.1, -0.05) is 152 Å². The standard InChI is InChI=1S/C55H34BN3/c1-3-15-34(16-4-1)53-41-22-8-7-19-37(41)45-32-47-52(33-46(45)53)58(36-29-30-40-38-20-9-11-26-48(38)57(51(40)31-36)35-17-5-2-6-18-35)50-28-14-23-42-44-25-13-24-43-39-21-10-12-27-49(39)59(55(43)44)56(47)54(42)50/h1-33,53H. The maximum absolute atomic E-state index is 2.67. The van der Waals surface area contributed by atoms with Crippen molar-refractivity contribution in [2.75, 3.05) is 4.90 Å². The average molecular weight is 748 g/mol. The number of aromatic nitrogens is 2. The molecule has 2 aliphatic heterocycles. The van der Waals surface area contributed by atoms with E-state index in [0.717, 1.165) is 11.4 Å². The summed E-state index contributed by atoms with van der Waals surface area (Å²) in [6, 6.07) is 74.9. The van der Waals surface area contributed by atoms with Crippen LogP contribution in [0.4, 0.5) is 17.1 Å². The zero-order chi connectivity index (χ0) is 38.3. The molecule has 1 atom stereocenters. The molecule has 9 aromatic carbocycles. The Bertz CT molecular complexity index is 3580. The number of rotatable bonds is 3. The normalized spacial score (nSPS) is 14.5. The fourth-order valence-electron chi connectivity index (χ4n) is 11.3. The number of benzene rings is 9. The summed E-state index contributed by atoms with van der Waals surface area (Å²) in [5, 5.41) is 5.13. The van der Waals surface area contributed by atoms with Gasteiger partial charge < -0.3 is 13.9 Å². The molecule has 0 N–H and O–H groups in total. The van der Waals surface area contributed by atoms with Crippen molar-refractivity contribution in [3.8, 4) is 27.9 Å². The molecule has 3 nitrogen and oxygen atoms in total. The van der Waals surface area contributed by atoms with Crippen molar-refractivity contribution in [1.29, 1.82) is 0 Å². The van der Waals surface area contributed by atoms with Crippen LogP contribution in [0.5, 0.6) is 0 Å². The molecule has 0 bridgehead atoms. The van der Waals surface area contributed by atoms with Gasteiger partial charge in [-0.3, -0.25) is 0 Å². The van der Waals surface area contributed by atoms with Crippen LogP contribution in [-0.4, -0.2) is 15.9 Å². The van der Waals surface area contributed by atoms with Gasteiger partial charge in [0.05, 0.1) is 11.0 Å². The van der Waals surface area contributed by atoms with Crippen LogP contribution in [0.3, 0.4) is 0 Å². The molecule has 1 unspecified atom stereocenters. The summed E-state index contributed by atoms with van der Waals surface area (Å²) in [5.74, 6) is 0.136. The lowest BCUT2D eigenvalue weighted by Gasteiger charge is -2.41. The second-order valence-electron chi connectivity index (χ2n) is 16.4. The van der Waals surface area contributed by atoms with Gasteiger partial charge in [-0.05, 0) is 92.8 Å². The Balaban J connectivity index is 1.11. The molecule has 0 saturated carbocycles. The van der Waals surface area contributed by atoms with Crippen molar-refractivity contribution in [2.24, 2.45) is 0 Å². The molecule has 14 rings (SSSR count). The van der Waals surface area contributed by atoms with Gasteiger partial charge in [0.15, 0.2) is 0 Å². The van der Waals surface area contributed by atoms with Crippen LogP contribution in [0.25, 0.3) is 71.6 Å². The van der Waals surface area contributed by atoms with Crippen molar-refractivity contribution in [3.05, 3.63) is 217 Å². The van der Waals surface area contributed by atoms with E-state index in [0.29, 0.717) is 0 Å². The second kappa shape index (κ2) is 11.5. The monoisotopic (exact) mass is 747 g/mol. The predicted molar refractivity (Wildman–Crippen MR) is 247 cm³/mol. The van der Waals surface area contributed by atoms with Gasteiger partial charge in [0, 0.05) is 66.8 Å². The third-order valence-electron chi connectivity index (χ3n) is 13.5. The highest BCUT2D eigenvalue weighted by molar-refractivity contribution is 6.90. The molecule has 11 aromatic rings. The molecule has 4 heterocycles. The van der Waals surface area contributed by atoms with Crippen LogP contribution in [0.15, 0.2) is 200 Å². The molecular weight excluding hydrogens is 713 g/mol. The number of hydrogen-bond acceptors (Lipinski definition) is 1. The van der Waals surface area contributed by atoms with E-state index in [4.69, 9.17) is 0 Å². The highest BCUT2D eigenvalue weighted by Gasteiger charge is 2.44. The maximum atomic E-state index is 2.67. The van der Waals surface area contributed by atoms with E-state index in [2.05, 4.69) is 214 Å². The maximum Gasteiger partial charge on any atom is 0.333 e. The fourth-order valence-corrected chi connectivity index (χ4v) is 11.3. The molecule has 0 amide bonds. The highest BCUT2D eigenvalue weighted by Crippen LogP contribution is 2.52. The van der Waals surface area contributed by atoms with Gasteiger partial charge in [0.2, 0.25) is 0 Å². The van der Waals surface area contributed by atoms with Crippen molar-refractivity contribution in [2.45, 2.75) is 5.92 Å². The summed E-state index contributed by atoms with van der Waals surface area (Å²) in [5.41, 5.74) is 21.8. The van der Waals surface area contributed by atoms with E-state index in [1.807, 2.05) is 0 Å². The zero-order valence-corrected chi connectivity index (χ0v) is 32.0. The Morgan fingerprint density at radius 3 is 1.92 bits per heavy atom. The Morgan fingerprint density at radius 2 is 1.05 bits per heavy atom. The first-order valence-corrected chi connectivity index (χ1v) is 20.7. The van der Waals surface area contributed by atoms with E-state index < -0.39 is 0 Å². The van der Waals surface area contributed by atoms with Gasteiger partial charge in [-0.25, -0.2) is 0 Å². The van der Waals surface area contributed by atoms with Gasteiger partial charge in [0.1, 0.15) is 0 Å². The second-order valence-corrected chi connectivity index (χ2v) is 16.4. The van der Waals surface area contributed by atoms with E-state index in [1.54, 1.807) is 0 Å². The van der Waals surface area contributed by atoms with E-state index >= 15 is 0 Å². The van der Waals surface area contributed by atoms with Crippen molar-refractivity contribution in [1.82, 2.24) is 9.05 Å². The fraction of sp³-hybridized carbons (Fsp3) is 0.0182. The van der Waals surface area contributed by atoms with Crippen molar-refractivity contribution < 1.29 is 0 Å². The molecule has 0 spiro atoms. The van der Waals surface area contributed by atoms with Crippen LogP contribution >= 0.6 is 0 Å². The highest BCUT2D eigenvalue weighted by atomic mass is 15.2. The summed E-state index contributed by atoms with van der Waals surface area (Å²) in [7, 11) is 0. The lowest BCUT2D eigenvalue weighted by molar-refractivity contribution is 1.01. The van der Waals surface area contributed by atoms with E-state index in [1.165, 1.54) is 105 Å². The van der Waals surface area contributed by atoms with Gasteiger partial charge in [0.25, 0.3) is 0 Å². The molecule has 0 radical (unpaired) electrons. The van der Waals surface area contributed by atoms with Crippen LogP contribution in [-0.2, 0) is 0 Å². The smallest absolute Gasteiger partial charge is 0.333 e. The summed E-state index contributed by atoms with van der Waals surface area (Å²) >= 11 is 0. The third kappa shape index (κ3) is 4.08. The van der Waals surface area contributed by atoms with Crippen molar-refractivity contribution >= 4 is 78.4 Å². The third-order valence-corrected chi connectivity index (χ3v) is 13.5. The lowest BCUT2D eigenvalue weighted by atomic mass is 9.45. The molecule has 4 heteroatoms. The molecule has 0 fully saturated rings. The van der Waals surface area contributed by atoms with Crippen molar-refractivity contribution in [3.63, 3.8) is 0 Å². The van der Waals surface area contributed by atoms with Crippen LogP contribution < -0.4 is 15.8 Å². The molecule has 59 heavy (non-hydrogen) atoms. The average Bonchev–Trinajstić information content (AvgIpc) is 3.93. The molecule has 1 aliphatic carbocycles. The van der Waals surface area contributed by atoms with Crippen LogP contribution in [0.2, 0.25) is 0 Å². The largest absolute Gasteiger partial charge is 0.375 e. The minimum absolute atomic E-state index is 0.0162. The van der Waals surface area contributed by atoms with Gasteiger partial charge >= 0.3 is 6.85 Å². The summed E-state index contributed by atoms with van der Waals surface area (Å²) in [6.45, 7) is -0.0162. The number of para-hydroxylation sites is 4. The molecule has 3 aliphatic rings. The topological polar surface area (TPSA) is 13.1 Å². The summed E-state index contributed by atoms with van der Waals surface area (Å²) < 4.78 is 5.10. The number of nitrogens with zero attached hydrogens (tertiary/aromatic N) is 3. The number of fused-ring (bicyclic) bond motifs is 13. The number of anilines is 3. The molecule has 272 valence electrons. The summed E-state index contributed by atoms with van der Waals surface area (Å²) in [6.07, 6.45) is 0. The first-order chi connectivity index (χ1) is 29.3. The Hall–Kier alpha value is -7.56. The minimum Gasteiger partial charge on any atom is -0.375 e. The minimum atomic E-state index is -0.0162. The van der Waals surface area contributed by atoms with Crippen LogP contribution in [0.1, 0.15) is 22.6 Å². The zero-order valence-electron chi connectivity index (χ0n) is 32.0. The first-order valence-electron chi connectivity index (χ1n) is 20.7. The van der Waals surface area contributed by atoms with Gasteiger partial charge in [-0.15, -0.1) is 0 Å². The number of hydrogen-bond donors (Lipinski definition) is 0.